The van der Waals surface area contributed by atoms with Crippen LogP contribution in [0.25, 0.3) is 0 Å². The van der Waals surface area contributed by atoms with Crippen molar-refractivity contribution in [3.05, 3.63) is 16.1 Å². The Morgan fingerprint density at radius 2 is 2.26 bits per heavy atom. The smallest absolute Gasteiger partial charge is 0.332 e. The summed E-state index contributed by atoms with van der Waals surface area (Å²) < 4.78 is 5.17. The summed E-state index contributed by atoms with van der Waals surface area (Å²) in [7, 11) is 0. The zero-order valence-corrected chi connectivity index (χ0v) is 11.4. The van der Waals surface area contributed by atoms with E-state index in [1.54, 1.807) is 11.3 Å². The molecule has 104 valence electrons. The lowest BCUT2D eigenvalue weighted by molar-refractivity contribution is -0.151. The molecule has 2 N–H and O–H groups in total. The van der Waals surface area contributed by atoms with Crippen molar-refractivity contribution in [2.24, 2.45) is 0 Å². The molecule has 2 atom stereocenters. The highest BCUT2D eigenvalue weighted by molar-refractivity contribution is 7.09. The van der Waals surface area contributed by atoms with Crippen molar-refractivity contribution in [2.75, 3.05) is 6.54 Å². The molecular formula is C12H16N2O4S. The molecule has 6 nitrogen and oxygen atoms in total. The predicted molar refractivity (Wildman–Crippen MR) is 69.1 cm³/mol. The average Bonchev–Trinajstić information content (AvgIpc) is 2.98. The number of rotatable bonds is 5. The van der Waals surface area contributed by atoms with Crippen molar-refractivity contribution >= 4 is 23.2 Å². The fourth-order valence-corrected chi connectivity index (χ4v) is 2.61. The van der Waals surface area contributed by atoms with Crippen molar-refractivity contribution in [3.8, 4) is 0 Å². The maximum atomic E-state index is 11.8. The fraction of sp³-hybridized carbons (Fsp3) is 0.583. The molecule has 0 radical (unpaired) electrons. The first-order valence-corrected chi connectivity index (χ1v) is 7.01. The Kier molecular flexibility index (Phi) is 4.49. The minimum Gasteiger partial charge on any atom is -0.479 e. The molecule has 0 saturated carbocycles. The van der Waals surface area contributed by atoms with Crippen molar-refractivity contribution in [1.29, 1.82) is 0 Å². The maximum Gasteiger partial charge on any atom is 0.332 e. The maximum absolute atomic E-state index is 11.8. The van der Waals surface area contributed by atoms with Crippen LogP contribution in [0.3, 0.4) is 0 Å². The first-order chi connectivity index (χ1) is 9.06. The number of carboxylic acid groups (broad SMARTS) is 1. The normalized spacial score (nSPS) is 22.4. The van der Waals surface area contributed by atoms with Crippen LogP contribution in [-0.4, -0.2) is 40.7 Å². The molecule has 1 aliphatic rings. The highest BCUT2D eigenvalue weighted by atomic mass is 32.1. The van der Waals surface area contributed by atoms with Gasteiger partial charge < -0.3 is 15.2 Å². The van der Waals surface area contributed by atoms with E-state index in [1.165, 1.54) is 0 Å². The molecule has 0 bridgehead atoms. The second-order valence-electron chi connectivity index (χ2n) is 4.43. The topological polar surface area (TPSA) is 88.5 Å². The number of hydrogen-bond acceptors (Lipinski definition) is 5. The number of carboxylic acids is 1. The van der Waals surface area contributed by atoms with Gasteiger partial charge in [0.05, 0.1) is 10.7 Å². The molecule has 0 spiro atoms. The van der Waals surface area contributed by atoms with E-state index < -0.39 is 18.2 Å². The zero-order valence-electron chi connectivity index (χ0n) is 10.6. The molecule has 1 amide bonds. The first kappa shape index (κ1) is 14.0. The van der Waals surface area contributed by atoms with E-state index in [-0.39, 0.29) is 5.91 Å². The van der Waals surface area contributed by atoms with Crippen molar-refractivity contribution in [1.82, 2.24) is 10.3 Å². The Hall–Kier alpha value is -1.47. The number of ether oxygens (including phenoxy) is 1. The molecule has 0 aromatic carbocycles. The van der Waals surface area contributed by atoms with Crippen LogP contribution in [-0.2, 0) is 20.7 Å². The lowest BCUT2D eigenvalue weighted by atomic mass is 10.2. The van der Waals surface area contributed by atoms with E-state index in [9.17, 15) is 9.59 Å². The van der Waals surface area contributed by atoms with E-state index in [4.69, 9.17) is 9.84 Å². The lowest BCUT2D eigenvalue weighted by Crippen LogP contribution is -2.36. The number of carbonyl (C=O) groups excluding carboxylic acids is 1. The molecule has 1 saturated heterocycles. The summed E-state index contributed by atoms with van der Waals surface area (Å²) in [5.74, 6) is -1.25. The van der Waals surface area contributed by atoms with E-state index in [0.29, 0.717) is 25.8 Å². The number of hydrogen-bond donors (Lipinski definition) is 2. The molecule has 7 heteroatoms. The Bertz CT molecular complexity index is 474. The molecule has 1 aliphatic heterocycles. The molecule has 1 aromatic rings. The number of aryl methyl sites for hydroxylation is 1. The van der Waals surface area contributed by atoms with E-state index in [0.717, 1.165) is 10.7 Å². The van der Waals surface area contributed by atoms with Gasteiger partial charge in [0.1, 0.15) is 6.10 Å². The molecule has 2 unspecified atom stereocenters. The summed E-state index contributed by atoms with van der Waals surface area (Å²) >= 11 is 1.58. The van der Waals surface area contributed by atoms with E-state index in [2.05, 4.69) is 10.3 Å². The van der Waals surface area contributed by atoms with Crippen LogP contribution in [0.15, 0.2) is 5.38 Å². The van der Waals surface area contributed by atoms with Gasteiger partial charge in [-0.1, -0.05) is 0 Å². The highest BCUT2D eigenvalue weighted by Crippen LogP contribution is 2.19. The van der Waals surface area contributed by atoms with E-state index >= 15 is 0 Å². The summed E-state index contributed by atoms with van der Waals surface area (Å²) in [6.07, 6.45) is 0.0258. The van der Waals surface area contributed by atoms with Gasteiger partial charge in [-0.15, -0.1) is 11.3 Å². The predicted octanol–water partition coefficient (Wildman–Crippen LogP) is 0.742. The average molecular weight is 284 g/mol. The molecule has 2 rings (SSSR count). The van der Waals surface area contributed by atoms with Gasteiger partial charge in [0.2, 0.25) is 5.91 Å². The minimum atomic E-state index is -1.01. The Balaban J connectivity index is 1.72. The van der Waals surface area contributed by atoms with Gasteiger partial charge in [-0.25, -0.2) is 9.78 Å². The Morgan fingerprint density at radius 3 is 2.84 bits per heavy atom. The van der Waals surface area contributed by atoms with Gasteiger partial charge in [-0.3, -0.25) is 4.79 Å². The molecular weight excluding hydrogens is 268 g/mol. The standard InChI is InChI=1S/C12H16N2O4S/c1-7-14-8(6-19-7)4-5-13-11(15)9-2-3-10(18-9)12(16)17/h6,9-10H,2-5H2,1H3,(H,13,15)(H,16,17). The number of thiazole rings is 1. The van der Waals surface area contributed by atoms with Crippen molar-refractivity contribution in [3.63, 3.8) is 0 Å². The van der Waals surface area contributed by atoms with Crippen molar-refractivity contribution < 1.29 is 19.4 Å². The Labute approximate surface area is 114 Å². The van der Waals surface area contributed by atoms with Crippen LogP contribution < -0.4 is 5.32 Å². The molecule has 1 aromatic heterocycles. The van der Waals surface area contributed by atoms with Crippen LogP contribution in [0.2, 0.25) is 0 Å². The fourth-order valence-electron chi connectivity index (χ4n) is 1.96. The number of nitrogens with one attached hydrogen (secondary N) is 1. The number of nitrogens with zero attached hydrogens (tertiary/aromatic N) is 1. The molecule has 19 heavy (non-hydrogen) atoms. The summed E-state index contributed by atoms with van der Waals surface area (Å²) in [6.45, 7) is 2.42. The van der Waals surface area contributed by atoms with Gasteiger partial charge in [-0.05, 0) is 19.8 Å². The second kappa shape index (κ2) is 6.12. The first-order valence-electron chi connectivity index (χ1n) is 6.13. The van der Waals surface area contributed by atoms with Crippen LogP contribution >= 0.6 is 11.3 Å². The summed E-state index contributed by atoms with van der Waals surface area (Å²) in [5.41, 5.74) is 0.957. The summed E-state index contributed by atoms with van der Waals surface area (Å²) in [6, 6.07) is 0. The van der Waals surface area contributed by atoms with E-state index in [1.807, 2.05) is 12.3 Å². The zero-order chi connectivity index (χ0) is 13.8. The van der Waals surface area contributed by atoms with Gasteiger partial charge in [0.25, 0.3) is 0 Å². The van der Waals surface area contributed by atoms with Crippen LogP contribution in [0.1, 0.15) is 23.5 Å². The second-order valence-corrected chi connectivity index (χ2v) is 5.49. The molecule has 2 heterocycles. The number of aliphatic carboxylic acids is 1. The lowest BCUT2D eigenvalue weighted by Gasteiger charge is -2.11. The number of aromatic nitrogens is 1. The minimum absolute atomic E-state index is 0.240. The van der Waals surface area contributed by atoms with Gasteiger partial charge in [0.15, 0.2) is 6.10 Å². The monoisotopic (exact) mass is 284 g/mol. The van der Waals surface area contributed by atoms with Gasteiger partial charge in [0, 0.05) is 18.3 Å². The third kappa shape index (κ3) is 3.74. The van der Waals surface area contributed by atoms with Gasteiger partial charge in [-0.2, -0.15) is 0 Å². The van der Waals surface area contributed by atoms with Crippen LogP contribution in [0.5, 0.6) is 0 Å². The summed E-state index contributed by atoms with van der Waals surface area (Å²) in [4.78, 5) is 26.8. The summed E-state index contributed by atoms with van der Waals surface area (Å²) in [5, 5.41) is 14.5. The largest absolute Gasteiger partial charge is 0.479 e. The van der Waals surface area contributed by atoms with Crippen molar-refractivity contribution in [2.45, 2.75) is 38.4 Å². The SMILES string of the molecule is Cc1nc(CCNC(=O)C2CCC(C(=O)O)O2)cs1. The quantitative estimate of drug-likeness (QED) is 0.832. The van der Waals surface area contributed by atoms with Gasteiger partial charge >= 0.3 is 5.97 Å². The Morgan fingerprint density at radius 1 is 1.53 bits per heavy atom. The number of amides is 1. The highest BCUT2D eigenvalue weighted by Gasteiger charge is 2.34. The molecule has 0 aliphatic carbocycles. The third-order valence-corrected chi connectivity index (χ3v) is 3.76. The molecule has 1 fully saturated rings. The van der Waals surface area contributed by atoms with Crippen LogP contribution in [0.4, 0.5) is 0 Å². The number of carbonyl (C=O) groups is 2. The van der Waals surface area contributed by atoms with Crippen LogP contribution in [0, 0.1) is 6.92 Å². The third-order valence-electron chi connectivity index (χ3n) is 2.93.